The van der Waals surface area contributed by atoms with Crippen molar-refractivity contribution in [3.05, 3.63) is 60.7 Å². The quantitative estimate of drug-likeness (QED) is 0.355. The topological polar surface area (TPSA) is 64.8 Å². The van der Waals surface area contributed by atoms with Crippen LogP contribution < -0.4 is 5.73 Å². The van der Waals surface area contributed by atoms with E-state index in [4.69, 9.17) is 15.2 Å². The smallest absolute Gasteiger partial charge is 0.410 e. The number of amides is 1. The molecule has 2 N–H and O–H groups in total. The van der Waals surface area contributed by atoms with E-state index in [-0.39, 0.29) is 25.3 Å². The lowest BCUT2D eigenvalue weighted by Crippen LogP contribution is -2.44. The summed E-state index contributed by atoms with van der Waals surface area (Å²) in [5.41, 5.74) is 6.30. The zero-order valence-electron chi connectivity index (χ0n) is 21.6. The van der Waals surface area contributed by atoms with Gasteiger partial charge in [-0.05, 0) is 51.5 Å². The molecule has 2 unspecified atom stereocenters. The first-order chi connectivity index (χ1) is 15.8. The second-order valence-electron chi connectivity index (χ2n) is 8.01. The van der Waals surface area contributed by atoms with E-state index in [1.165, 1.54) is 0 Å². The lowest BCUT2D eigenvalue weighted by Gasteiger charge is -2.31. The summed E-state index contributed by atoms with van der Waals surface area (Å²) in [6.07, 6.45) is 5.93. The molecule has 1 aromatic carbocycles. The molecule has 190 valence electrons. The second kappa shape index (κ2) is 23.0. The van der Waals surface area contributed by atoms with Crippen LogP contribution in [0.3, 0.4) is 0 Å². The molecule has 0 saturated carbocycles. The van der Waals surface area contributed by atoms with Gasteiger partial charge in [-0.1, -0.05) is 62.4 Å². The van der Waals surface area contributed by atoms with E-state index >= 15 is 0 Å². The molecule has 1 amide bonds. The Bertz CT molecular complexity index is 605. The standard InChI is InChI=1S/C20H33FN2O3.C4H8.C3H6/c1-16(2)11-12-23(19(15-25-3)10-9-18(21)13-22)20(24)26-14-17-7-5-4-6-8-17;1-3-4-2;1-3-2/h4-8,16,18-19H,9-15,22H2,1-3H3;3-4H,1-2H3;3H,1H2,2H3/b;4-3-;. The number of allylic oxidation sites excluding steroid dienone is 3. The number of nitrogens with zero attached hydrogens (tertiary/aromatic N) is 1. The fourth-order valence-electron chi connectivity index (χ4n) is 2.64. The molecule has 0 heterocycles. The van der Waals surface area contributed by atoms with Crippen LogP contribution in [0.2, 0.25) is 0 Å². The minimum absolute atomic E-state index is 0.00977. The van der Waals surface area contributed by atoms with Crippen molar-refractivity contribution in [2.45, 2.75) is 72.7 Å². The first-order valence-corrected chi connectivity index (χ1v) is 11.8. The Balaban J connectivity index is 0. The molecule has 0 bridgehead atoms. The van der Waals surface area contributed by atoms with Crippen molar-refractivity contribution in [1.29, 1.82) is 0 Å². The third-order valence-corrected chi connectivity index (χ3v) is 4.59. The molecule has 0 aromatic heterocycles. The number of halogens is 1. The number of hydrogen-bond acceptors (Lipinski definition) is 4. The van der Waals surface area contributed by atoms with Crippen LogP contribution in [0.4, 0.5) is 9.18 Å². The highest BCUT2D eigenvalue weighted by Gasteiger charge is 2.26. The van der Waals surface area contributed by atoms with E-state index in [1.54, 1.807) is 18.1 Å². The van der Waals surface area contributed by atoms with E-state index < -0.39 is 6.17 Å². The monoisotopic (exact) mass is 466 g/mol. The Kier molecular flexibility index (Phi) is 23.0. The third-order valence-electron chi connectivity index (χ3n) is 4.59. The van der Waals surface area contributed by atoms with Crippen molar-refractivity contribution in [3.8, 4) is 0 Å². The average molecular weight is 467 g/mol. The molecule has 33 heavy (non-hydrogen) atoms. The van der Waals surface area contributed by atoms with Crippen molar-refractivity contribution in [2.24, 2.45) is 11.7 Å². The number of rotatable bonds is 12. The fraction of sp³-hybridized carbons (Fsp3) is 0.593. The van der Waals surface area contributed by atoms with Crippen LogP contribution in [0, 0.1) is 5.92 Å². The van der Waals surface area contributed by atoms with Crippen molar-refractivity contribution in [2.75, 3.05) is 26.8 Å². The first kappa shape index (κ1) is 33.0. The van der Waals surface area contributed by atoms with Crippen LogP contribution >= 0.6 is 0 Å². The van der Waals surface area contributed by atoms with Crippen molar-refractivity contribution >= 4 is 6.09 Å². The van der Waals surface area contributed by atoms with E-state index in [2.05, 4.69) is 20.4 Å². The highest BCUT2D eigenvalue weighted by atomic mass is 19.1. The van der Waals surface area contributed by atoms with Gasteiger partial charge in [-0.25, -0.2) is 9.18 Å². The lowest BCUT2D eigenvalue weighted by molar-refractivity contribution is 0.0468. The molecule has 2 atom stereocenters. The maximum Gasteiger partial charge on any atom is 0.410 e. The summed E-state index contributed by atoms with van der Waals surface area (Å²) >= 11 is 0. The Morgan fingerprint density at radius 1 is 1.12 bits per heavy atom. The molecule has 5 nitrogen and oxygen atoms in total. The molecule has 0 spiro atoms. The molecular formula is C27H47FN2O3. The number of benzene rings is 1. The average Bonchev–Trinajstić information content (AvgIpc) is 2.82. The van der Waals surface area contributed by atoms with Gasteiger partial charge in [-0.3, -0.25) is 0 Å². The van der Waals surface area contributed by atoms with Gasteiger partial charge in [0.2, 0.25) is 0 Å². The number of carbonyl (C=O) groups excluding carboxylic acids is 1. The third kappa shape index (κ3) is 19.0. The van der Waals surface area contributed by atoms with E-state index in [1.807, 2.05) is 63.3 Å². The van der Waals surface area contributed by atoms with Gasteiger partial charge in [0, 0.05) is 20.2 Å². The maximum atomic E-state index is 13.6. The van der Waals surface area contributed by atoms with Crippen LogP contribution in [-0.4, -0.2) is 50.0 Å². The number of hydrogen-bond donors (Lipinski definition) is 1. The molecule has 1 rings (SSSR count). The van der Waals surface area contributed by atoms with Crippen molar-refractivity contribution in [3.63, 3.8) is 0 Å². The number of methoxy groups -OCH3 is 1. The normalized spacial score (nSPS) is 12.2. The molecular weight excluding hydrogens is 419 g/mol. The molecule has 0 aliphatic carbocycles. The van der Waals surface area contributed by atoms with Crippen molar-refractivity contribution in [1.82, 2.24) is 4.90 Å². The molecule has 0 saturated heterocycles. The van der Waals surface area contributed by atoms with E-state index in [0.29, 0.717) is 31.9 Å². The molecule has 0 aliphatic rings. The van der Waals surface area contributed by atoms with Gasteiger partial charge in [0.05, 0.1) is 12.6 Å². The SMILES string of the molecule is C/C=C\C.C=CC.COCC(CCC(F)CN)N(CCC(C)C)C(=O)OCc1ccccc1. The van der Waals surface area contributed by atoms with Crippen LogP contribution in [0.25, 0.3) is 0 Å². The number of alkyl halides is 1. The number of nitrogens with two attached hydrogens (primary N) is 1. The first-order valence-electron chi connectivity index (χ1n) is 11.8. The van der Waals surface area contributed by atoms with E-state index in [0.717, 1.165) is 12.0 Å². The summed E-state index contributed by atoms with van der Waals surface area (Å²) in [4.78, 5) is 14.4. The second-order valence-corrected chi connectivity index (χ2v) is 8.01. The minimum Gasteiger partial charge on any atom is -0.445 e. The predicted molar refractivity (Wildman–Crippen MR) is 138 cm³/mol. The van der Waals surface area contributed by atoms with Gasteiger partial charge in [0.1, 0.15) is 12.8 Å². The summed E-state index contributed by atoms with van der Waals surface area (Å²) in [6.45, 7) is 14.6. The van der Waals surface area contributed by atoms with Crippen LogP contribution in [0.1, 0.15) is 59.4 Å². The van der Waals surface area contributed by atoms with Gasteiger partial charge in [0.15, 0.2) is 0 Å². The minimum atomic E-state index is -1.07. The Morgan fingerprint density at radius 3 is 2.15 bits per heavy atom. The molecule has 0 radical (unpaired) electrons. The molecule has 6 heteroatoms. The summed E-state index contributed by atoms with van der Waals surface area (Å²) in [6, 6.07) is 9.32. The number of carbonyl (C=O) groups is 1. The zero-order valence-corrected chi connectivity index (χ0v) is 21.6. The van der Waals surface area contributed by atoms with Gasteiger partial charge in [0.25, 0.3) is 0 Å². The Morgan fingerprint density at radius 2 is 1.70 bits per heavy atom. The largest absolute Gasteiger partial charge is 0.445 e. The summed E-state index contributed by atoms with van der Waals surface area (Å²) in [7, 11) is 1.58. The lowest BCUT2D eigenvalue weighted by atomic mass is 10.1. The van der Waals surface area contributed by atoms with Crippen LogP contribution in [-0.2, 0) is 16.1 Å². The predicted octanol–water partition coefficient (Wildman–Crippen LogP) is 6.54. The highest BCUT2D eigenvalue weighted by Crippen LogP contribution is 2.16. The van der Waals surface area contributed by atoms with Gasteiger partial charge in [-0.15, -0.1) is 6.58 Å². The summed E-state index contributed by atoms with van der Waals surface area (Å²) in [5, 5.41) is 0. The molecule has 1 aromatic rings. The molecule has 0 aliphatic heterocycles. The van der Waals surface area contributed by atoms with Gasteiger partial charge in [-0.2, -0.15) is 0 Å². The van der Waals surface area contributed by atoms with Gasteiger partial charge < -0.3 is 20.1 Å². The summed E-state index contributed by atoms with van der Waals surface area (Å²) < 4.78 is 24.3. The Labute approximate surface area is 201 Å². The van der Waals surface area contributed by atoms with E-state index in [9.17, 15) is 9.18 Å². The highest BCUT2D eigenvalue weighted by molar-refractivity contribution is 5.68. The summed E-state index contributed by atoms with van der Waals surface area (Å²) in [5.74, 6) is 0.445. The number of ether oxygens (including phenoxy) is 2. The maximum absolute atomic E-state index is 13.6. The van der Waals surface area contributed by atoms with Gasteiger partial charge >= 0.3 is 6.09 Å². The van der Waals surface area contributed by atoms with Crippen LogP contribution in [0.5, 0.6) is 0 Å². The van der Waals surface area contributed by atoms with Crippen LogP contribution in [0.15, 0.2) is 55.1 Å². The van der Waals surface area contributed by atoms with Crippen molar-refractivity contribution < 1.29 is 18.7 Å². The fourth-order valence-corrected chi connectivity index (χ4v) is 2.64. The zero-order chi connectivity index (χ0) is 25.5. The Hall–Kier alpha value is -2.18. The molecule has 0 fully saturated rings.